The molecule has 1 N–H and O–H groups in total. The van der Waals surface area contributed by atoms with E-state index in [2.05, 4.69) is 10.3 Å². The molecule has 20 heavy (non-hydrogen) atoms. The number of amides is 1. The number of carboxylic acids is 1. The molecule has 0 spiro atoms. The second-order valence-corrected chi connectivity index (χ2v) is 5.40. The molecule has 5 nitrogen and oxygen atoms in total. The molecule has 1 saturated carbocycles. The average Bonchev–Trinajstić information content (AvgIpc) is 3.06. The van der Waals surface area contributed by atoms with E-state index >= 15 is 0 Å². The Morgan fingerprint density at radius 3 is 2.70 bits per heavy atom. The van der Waals surface area contributed by atoms with Gasteiger partial charge in [0.2, 0.25) is 5.91 Å². The SMILES string of the molecule is O=C([O-])[C@@H]1[C@H](C(=O)NCc2cccnc2)[C@H]2C=C[C@H]1C2. The highest BCUT2D eigenvalue weighted by atomic mass is 16.4. The van der Waals surface area contributed by atoms with Gasteiger partial charge in [0.1, 0.15) is 0 Å². The maximum absolute atomic E-state index is 12.3. The molecule has 0 radical (unpaired) electrons. The van der Waals surface area contributed by atoms with E-state index in [1.54, 1.807) is 18.5 Å². The number of pyridine rings is 1. The van der Waals surface area contributed by atoms with E-state index in [0.29, 0.717) is 6.54 Å². The fourth-order valence-electron chi connectivity index (χ4n) is 3.31. The minimum Gasteiger partial charge on any atom is -0.550 e. The van der Waals surface area contributed by atoms with Crippen LogP contribution in [0.1, 0.15) is 12.0 Å². The molecule has 2 aliphatic rings. The first-order valence-corrected chi connectivity index (χ1v) is 6.72. The molecular weight excluding hydrogens is 256 g/mol. The van der Waals surface area contributed by atoms with Gasteiger partial charge in [-0.25, -0.2) is 0 Å². The van der Waals surface area contributed by atoms with E-state index in [-0.39, 0.29) is 17.7 Å². The van der Waals surface area contributed by atoms with Gasteiger partial charge in [0.15, 0.2) is 0 Å². The van der Waals surface area contributed by atoms with Crippen molar-refractivity contribution in [1.29, 1.82) is 0 Å². The fourth-order valence-corrected chi connectivity index (χ4v) is 3.31. The van der Waals surface area contributed by atoms with E-state index in [9.17, 15) is 14.7 Å². The second-order valence-electron chi connectivity index (χ2n) is 5.40. The van der Waals surface area contributed by atoms with Crippen LogP contribution in [-0.2, 0) is 16.1 Å². The van der Waals surface area contributed by atoms with Gasteiger partial charge in [0.05, 0.1) is 5.92 Å². The quantitative estimate of drug-likeness (QED) is 0.774. The molecule has 2 aliphatic carbocycles. The van der Waals surface area contributed by atoms with Gasteiger partial charge in [-0.05, 0) is 29.9 Å². The molecule has 104 valence electrons. The minimum atomic E-state index is -1.12. The van der Waals surface area contributed by atoms with Crippen LogP contribution < -0.4 is 10.4 Å². The number of nitrogens with zero attached hydrogens (tertiary/aromatic N) is 1. The summed E-state index contributed by atoms with van der Waals surface area (Å²) in [6, 6.07) is 3.66. The number of carbonyl (C=O) groups is 2. The number of nitrogens with one attached hydrogen (secondary N) is 1. The van der Waals surface area contributed by atoms with Crippen LogP contribution in [0.3, 0.4) is 0 Å². The topological polar surface area (TPSA) is 82.1 Å². The van der Waals surface area contributed by atoms with E-state index in [1.165, 1.54) is 0 Å². The number of carbonyl (C=O) groups excluding carboxylic acids is 2. The lowest BCUT2D eigenvalue weighted by Crippen LogP contribution is -2.44. The van der Waals surface area contributed by atoms with Crippen molar-refractivity contribution >= 4 is 11.9 Å². The van der Waals surface area contributed by atoms with Crippen LogP contribution in [0.4, 0.5) is 0 Å². The lowest BCUT2D eigenvalue weighted by atomic mass is 9.82. The Bertz CT molecular complexity index is 555. The smallest absolute Gasteiger partial charge is 0.224 e. The molecule has 5 heteroatoms. The Morgan fingerprint density at radius 1 is 1.30 bits per heavy atom. The number of aliphatic carboxylic acids is 1. The van der Waals surface area contributed by atoms with Crippen LogP contribution in [0.5, 0.6) is 0 Å². The molecule has 0 aromatic carbocycles. The molecule has 0 aliphatic heterocycles. The Kier molecular flexibility index (Phi) is 3.26. The Morgan fingerprint density at radius 2 is 2.05 bits per heavy atom. The summed E-state index contributed by atoms with van der Waals surface area (Å²) >= 11 is 0. The first kappa shape index (κ1) is 12.8. The number of allylic oxidation sites excluding steroid dienone is 2. The Labute approximate surface area is 116 Å². The zero-order valence-corrected chi connectivity index (χ0v) is 10.9. The van der Waals surface area contributed by atoms with E-state index < -0.39 is 17.8 Å². The Balaban J connectivity index is 1.68. The molecule has 2 bridgehead atoms. The van der Waals surface area contributed by atoms with Gasteiger partial charge in [-0.2, -0.15) is 0 Å². The third kappa shape index (κ3) is 2.19. The number of hydrogen-bond donors (Lipinski definition) is 1. The van der Waals surface area contributed by atoms with Gasteiger partial charge < -0.3 is 15.2 Å². The highest BCUT2D eigenvalue weighted by Gasteiger charge is 2.48. The summed E-state index contributed by atoms with van der Waals surface area (Å²) in [5.74, 6) is -2.57. The van der Waals surface area contributed by atoms with Crippen molar-refractivity contribution in [3.05, 3.63) is 42.2 Å². The summed E-state index contributed by atoms with van der Waals surface area (Å²) in [5, 5.41) is 14.1. The van der Waals surface area contributed by atoms with Crippen LogP contribution in [0.15, 0.2) is 36.7 Å². The molecule has 1 aromatic heterocycles. The first-order chi connectivity index (χ1) is 9.66. The van der Waals surface area contributed by atoms with Crippen molar-refractivity contribution in [2.24, 2.45) is 23.7 Å². The normalized spacial score (nSPS) is 30.4. The molecule has 1 fully saturated rings. The van der Waals surface area contributed by atoms with Crippen molar-refractivity contribution < 1.29 is 14.7 Å². The minimum absolute atomic E-state index is 0.0248. The molecule has 0 unspecified atom stereocenters. The molecule has 4 atom stereocenters. The Hall–Kier alpha value is -2.17. The van der Waals surface area contributed by atoms with Gasteiger partial charge >= 0.3 is 0 Å². The van der Waals surface area contributed by atoms with Crippen LogP contribution >= 0.6 is 0 Å². The molecular formula is C15H15N2O3-. The highest BCUT2D eigenvalue weighted by Crippen LogP contribution is 2.47. The summed E-state index contributed by atoms with van der Waals surface area (Å²) in [5.41, 5.74) is 0.893. The van der Waals surface area contributed by atoms with Crippen molar-refractivity contribution in [2.45, 2.75) is 13.0 Å². The molecule has 1 aromatic rings. The maximum atomic E-state index is 12.3. The molecule has 0 saturated heterocycles. The number of hydrogen-bond acceptors (Lipinski definition) is 4. The van der Waals surface area contributed by atoms with Gasteiger partial charge in [-0.1, -0.05) is 18.2 Å². The zero-order chi connectivity index (χ0) is 14.1. The number of aromatic nitrogens is 1. The first-order valence-electron chi connectivity index (χ1n) is 6.72. The zero-order valence-electron chi connectivity index (χ0n) is 10.9. The highest BCUT2D eigenvalue weighted by molar-refractivity contribution is 5.86. The van der Waals surface area contributed by atoms with Crippen molar-refractivity contribution in [3.8, 4) is 0 Å². The molecule has 1 amide bonds. The van der Waals surface area contributed by atoms with E-state index in [0.717, 1.165) is 12.0 Å². The number of rotatable bonds is 4. The van der Waals surface area contributed by atoms with E-state index in [4.69, 9.17) is 0 Å². The lowest BCUT2D eigenvalue weighted by molar-refractivity contribution is -0.313. The van der Waals surface area contributed by atoms with E-state index in [1.807, 2.05) is 18.2 Å². The maximum Gasteiger partial charge on any atom is 0.224 e. The predicted octanol–water partition coefficient (Wildman–Crippen LogP) is -0.114. The summed E-state index contributed by atoms with van der Waals surface area (Å²) < 4.78 is 0. The number of fused-ring (bicyclic) bond motifs is 2. The standard InChI is InChI=1S/C15H16N2O3/c18-14(17-8-9-2-1-5-16-7-9)12-10-3-4-11(6-10)13(12)15(19)20/h1-5,7,10-13H,6,8H2,(H,17,18)(H,19,20)/p-1/t10-,11-,12+,13-/m0/s1. The molecule has 3 rings (SSSR count). The van der Waals surface area contributed by atoms with Crippen LogP contribution in [0.2, 0.25) is 0 Å². The summed E-state index contributed by atoms with van der Waals surface area (Å²) in [7, 11) is 0. The van der Waals surface area contributed by atoms with Gasteiger partial charge in [0, 0.05) is 30.8 Å². The second kappa shape index (κ2) is 5.07. The van der Waals surface area contributed by atoms with Crippen molar-refractivity contribution in [2.75, 3.05) is 0 Å². The van der Waals surface area contributed by atoms with Gasteiger partial charge in [-0.15, -0.1) is 0 Å². The lowest BCUT2D eigenvalue weighted by Gasteiger charge is -2.27. The van der Waals surface area contributed by atoms with Crippen LogP contribution in [0.25, 0.3) is 0 Å². The van der Waals surface area contributed by atoms with Crippen LogP contribution in [-0.4, -0.2) is 16.9 Å². The predicted molar refractivity (Wildman–Crippen MR) is 68.8 cm³/mol. The number of carboxylic acid groups (broad SMARTS) is 1. The summed E-state index contributed by atoms with van der Waals surface area (Å²) in [6.45, 7) is 0.365. The fraction of sp³-hybridized carbons (Fsp3) is 0.400. The third-order valence-electron chi connectivity index (χ3n) is 4.22. The summed E-state index contributed by atoms with van der Waals surface area (Å²) in [6.07, 6.45) is 7.94. The van der Waals surface area contributed by atoms with Crippen molar-refractivity contribution in [3.63, 3.8) is 0 Å². The third-order valence-corrected chi connectivity index (χ3v) is 4.22. The van der Waals surface area contributed by atoms with Crippen molar-refractivity contribution in [1.82, 2.24) is 10.3 Å². The van der Waals surface area contributed by atoms with Gasteiger partial charge in [-0.3, -0.25) is 9.78 Å². The largest absolute Gasteiger partial charge is 0.550 e. The monoisotopic (exact) mass is 271 g/mol. The summed E-state index contributed by atoms with van der Waals surface area (Å²) in [4.78, 5) is 27.5. The van der Waals surface area contributed by atoms with Crippen LogP contribution in [0, 0.1) is 23.7 Å². The van der Waals surface area contributed by atoms with Gasteiger partial charge in [0.25, 0.3) is 0 Å². The average molecular weight is 271 g/mol. The molecule has 1 heterocycles.